The van der Waals surface area contributed by atoms with Gasteiger partial charge in [0.2, 0.25) is 12.6 Å². The summed E-state index contributed by atoms with van der Waals surface area (Å²) in [4.78, 5) is 21.1. The quantitative estimate of drug-likeness (QED) is 0.425. The van der Waals surface area contributed by atoms with Gasteiger partial charge in [0.1, 0.15) is 9.71 Å². The molecule has 0 radical (unpaired) electrons. The third-order valence-electron chi connectivity index (χ3n) is 6.04. The zero-order valence-corrected chi connectivity index (χ0v) is 18.4. The molecular formula is C24H20N2O3S2. The second kappa shape index (κ2) is 7.35. The summed E-state index contributed by atoms with van der Waals surface area (Å²) in [6.07, 6.45) is 5.17. The first kappa shape index (κ1) is 18.8. The number of nitrogen functional groups attached to an aromatic ring is 1. The third kappa shape index (κ3) is 3.11. The van der Waals surface area contributed by atoms with Crippen LogP contribution in [0, 0.1) is 0 Å². The first-order valence-corrected chi connectivity index (χ1v) is 12.1. The average Bonchev–Trinajstić information content (AvgIpc) is 3.53. The molecule has 2 aliphatic rings. The molecule has 0 amide bonds. The van der Waals surface area contributed by atoms with Gasteiger partial charge in [-0.1, -0.05) is 6.07 Å². The summed E-state index contributed by atoms with van der Waals surface area (Å²) < 4.78 is 10.8. The lowest BCUT2D eigenvalue weighted by molar-refractivity contribution is 0.104. The van der Waals surface area contributed by atoms with E-state index in [0.29, 0.717) is 27.6 Å². The number of hydrogen-bond acceptors (Lipinski definition) is 7. The van der Waals surface area contributed by atoms with Gasteiger partial charge in [-0.05, 0) is 66.5 Å². The van der Waals surface area contributed by atoms with Crippen molar-refractivity contribution in [1.82, 2.24) is 4.98 Å². The molecule has 3 aromatic heterocycles. The highest BCUT2D eigenvalue weighted by molar-refractivity contribution is 7.21. The Labute approximate surface area is 187 Å². The molecule has 31 heavy (non-hydrogen) atoms. The van der Waals surface area contributed by atoms with Crippen LogP contribution in [0.3, 0.4) is 0 Å². The van der Waals surface area contributed by atoms with Crippen molar-refractivity contribution in [3.05, 3.63) is 67.9 Å². The second-order valence-corrected chi connectivity index (χ2v) is 9.93. The van der Waals surface area contributed by atoms with Crippen molar-refractivity contribution in [2.75, 3.05) is 12.5 Å². The molecule has 1 aliphatic heterocycles. The highest BCUT2D eigenvalue weighted by Gasteiger charge is 2.26. The maximum absolute atomic E-state index is 13.4. The first-order valence-electron chi connectivity index (χ1n) is 10.4. The van der Waals surface area contributed by atoms with E-state index in [1.54, 1.807) is 29.5 Å². The molecule has 0 fully saturated rings. The molecule has 0 atom stereocenters. The van der Waals surface area contributed by atoms with Crippen molar-refractivity contribution in [2.24, 2.45) is 0 Å². The Kier molecular flexibility index (Phi) is 4.47. The standard InChI is InChI=1S/C24H20N2O3S2/c25-21-20-16-6-2-1-5-15(16)17(11-14-4-3-9-30-14)26-24(20)31-23(21)22(27)13-7-8-18-19(10-13)29-12-28-18/h3-4,7-10H,1-2,5-6,11-12,25H2. The molecule has 1 aliphatic carbocycles. The number of pyridine rings is 1. The SMILES string of the molecule is Nc1c(C(=O)c2ccc3c(c2)OCO3)sc2nc(Cc3cccs3)c3c(c12)CCCC3. The Balaban J connectivity index is 1.47. The van der Waals surface area contributed by atoms with Crippen LogP contribution >= 0.6 is 22.7 Å². The fourth-order valence-electron chi connectivity index (χ4n) is 4.55. The van der Waals surface area contributed by atoms with Crippen LogP contribution in [-0.2, 0) is 19.3 Å². The lowest BCUT2D eigenvalue weighted by Gasteiger charge is -2.20. The average molecular weight is 449 g/mol. The number of ether oxygens (including phenoxy) is 2. The Morgan fingerprint density at radius 1 is 1.10 bits per heavy atom. The van der Waals surface area contributed by atoms with Crippen LogP contribution in [-0.4, -0.2) is 17.6 Å². The summed E-state index contributed by atoms with van der Waals surface area (Å²) in [7, 11) is 0. The molecule has 1 aromatic carbocycles. The molecule has 0 unspecified atom stereocenters. The molecule has 0 saturated carbocycles. The van der Waals surface area contributed by atoms with Gasteiger partial charge in [-0.15, -0.1) is 22.7 Å². The number of fused-ring (bicyclic) bond motifs is 4. The van der Waals surface area contributed by atoms with Gasteiger partial charge in [-0.2, -0.15) is 0 Å². The van der Waals surface area contributed by atoms with Gasteiger partial charge >= 0.3 is 0 Å². The molecule has 6 rings (SSSR count). The van der Waals surface area contributed by atoms with E-state index in [2.05, 4.69) is 17.5 Å². The number of thiophene rings is 2. The molecular weight excluding hydrogens is 428 g/mol. The number of nitrogens with two attached hydrogens (primary N) is 1. The van der Waals surface area contributed by atoms with Crippen LogP contribution in [0.5, 0.6) is 11.5 Å². The molecule has 4 aromatic rings. The Hall–Kier alpha value is -2.90. The van der Waals surface area contributed by atoms with Crippen LogP contribution in [0.4, 0.5) is 5.69 Å². The lowest BCUT2D eigenvalue weighted by atomic mass is 9.87. The minimum Gasteiger partial charge on any atom is -0.454 e. The normalized spacial score (nSPS) is 14.7. The largest absolute Gasteiger partial charge is 0.454 e. The summed E-state index contributed by atoms with van der Waals surface area (Å²) in [5.74, 6) is 1.16. The fraction of sp³-hybridized carbons (Fsp3) is 0.250. The zero-order chi connectivity index (χ0) is 20.9. The number of carbonyl (C=O) groups excluding carboxylic acids is 1. The van der Waals surface area contributed by atoms with E-state index >= 15 is 0 Å². The number of aromatic nitrogens is 1. The summed E-state index contributed by atoms with van der Waals surface area (Å²) in [6, 6.07) is 9.52. The van der Waals surface area contributed by atoms with Crippen molar-refractivity contribution < 1.29 is 14.3 Å². The van der Waals surface area contributed by atoms with E-state index < -0.39 is 0 Å². The van der Waals surface area contributed by atoms with E-state index in [1.165, 1.54) is 33.8 Å². The molecule has 4 heterocycles. The summed E-state index contributed by atoms with van der Waals surface area (Å²) >= 11 is 3.16. The number of nitrogens with zero attached hydrogens (tertiary/aromatic N) is 1. The minimum atomic E-state index is -0.0943. The van der Waals surface area contributed by atoms with Crippen LogP contribution in [0.25, 0.3) is 10.2 Å². The number of rotatable bonds is 4. The van der Waals surface area contributed by atoms with Crippen LogP contribution in [0.2, 0.25) is 0 Å². The van der Waals surface area contributed by atoms with Gasteiger partial charge in [0.25, 0.3) is 0 Å². The molecule has 0 saturated heterocycles. The van der Waals surface area contributed by atoms with Gasteiger partial charge < -0.3 is 15.2 Å². The van der Waals surface area contributed by atoms with Gasteiger partial charge in [0.15, 0.2) is 11.5 Å². The smallest absolute Gasteiger partial charge is 0.231 e. The Morgan fingerprint density at radius 2 is 1.94 bits per heavy atom. The van der Waals surface area contributed by atoms with Gasteiger partial charge in [-0.3, -0.25) is 4.79 Å². The third-order valence-corrected chi connectivity index (χ3v) is 8.02. The molecule has 5 nitrogen and oxygen atoms in total. The number of benzene rings is 1. The lowest BCUT2D eigenvalue weighted by Crippen LogP contribution is -2.10. The number of carbonyl (C=O) groups is 1. The monoisotopic (exact) mass is 448 g/mol. The predicted octanol–water partition coefficient (Wildman–Crippen LogP) is 5.37. The van der Waals surface area contributed by atoms with Crippen molar-refractivity contribution in [3.8, 4) is 11.5 Å². The Morgan fingerprint density at radius 3 is 2.77 bits per heavy atom. The number of ketones is 1. The van der Waals surface area contributed by atoms with Gasteiger partial charge in [-0.25, -0.2) is 4.98 Å². The number of anilines is 1. The van der Waals surface area contributed by atoms with E-state index in [1.807, 2.05) is 0 Å². The number of hydrogen-bond donors (Lipinski definition) is 1. The summed E-state index contributed by atoms with van der Waals surface area (Å²) in [5.41, 5.74) is 11.5. The first-order chi connectivity index (χ1) is 15.2. The maximum Gasteiger partial charge on any atom is 0.231 e. The highest BCUT2D eigenvalue weighted by Crippen LogP contribution is 2.42. The Bertz CT molecular complexity index is 1320. The van der Waals surface area contributed by atoms with Gasteiger partial charge in [0, 0.05) is 22.2 Å². The summed E-state index contributed by atoms with van der Waals surface area (Å²) in [5, 5.41) is 3.09. The predicted molar refractivity (Wildman–Crippen MR) is 124 cm³/mol. The van der Waals surface area contributed by atoms with Crippen molar-refractivity contribution in [1.29, 1.82) is 0 Å². The van der Waals surface area contributed by atoms with Gasteiger partial charge in [0.05, 0.1) is 11.4 Å². The summed E-state index contributed by atoms with van der Waals surface area (Å²) in [6.45, 7) is 0.182. The van der Waals surface area contributed by atoms with E-state index in [0.717, 1.165) is 41.6 Å². The zero-order valence-electron chi connectivity index (χ0n) is 16.8. The number of aryl methyl sites for hydroxylation is 1. The van der Waals surface area contributed by atoms with E-state index in [-0.39, 0.29) is 12.6 Å². The molecule has 0 bridgehead atoms. The molecule has 7 heteroatoms. The highest BCUT2D eigenvalue weighted by atomic mass is 32.1. The van der Waals surface area contributed by atoms with Crippen LogP contribution in [0.1, 0.15) is 49.8 Å². The van der Waals surface area contributed by atoms with Crippen molar-refractivity contribution in [2.45, 2.75) is 32.1 Å². The van der Waals surface area contributed by atoms with Crippen molar-refractivity contribution in [3.63, 3.8) is 0 Å². The molecule has 156 valence electrons. The maximum atomic E-state index is 13.4. The van der Waals surface area contributed by atoms with Crippen LogP contribution in [0.15, 0.2) is 35.7 Å². The molecule has 2 N–H and O–H groups in total. The fourth-order valence-corrected chi connectivity index (χ4v) is 6.37. The van der Waals surface area contributed by atoms with Crippen molar-refractivity contribution >= 4 is 44.4 Å². The second-order valence-electron chi connectivity index (χ2n) is 7.90. The molecule has 0 spiro atoms. The minimum absolute atomic E-state index is 0.0943. The topological polar surface area (TPSA) is 74.4 Å². The van der Waals surface area contributed by atoms with E-state index in [4.69, 9.17) is 20.2 Å². The van der Waals surface area contributed by atoms with E-state index in [9.17, 15) is 4.79 Å². The van der Waals surface area contributed by atoms with Crippen LogP contribution < -0.4 is 15.2 Å².